The Balaban J connectivity index is 1.87. The second-order valence-corrected chi connectivity index (χ2v) is 5.72. The topological polar surface area (TPSA) is 35.5 Å². The normalized spacial score (nSPS) is 26.5. The van der Waals surface area contributed by atoms with Crippen LogP contribution >= 0.6 is 0 Å². The first-order valence-electron chi connectivity index (χ1n) is 7.00. The Morgan fingerprint density at radius 3 is 2.30 bits per heavy atom. The summed E-state index contributed by atoms with van der Waals surface area (Å²) in [7, 11) is 0. The summed E-state index contributed by atoms with van der Waals surface area (Å²) < 4.78 is 0. The van der Waals surface area contributed by atoms with Crippen molar-refractivity contribution in [1.82, 2.24) is 5.43 Å². The Kier molecular flexibility index (Phi) is 3.47. The molecule has 1 fully saturated rings. The van der Waals surface area contributed by atoms with Gasteiger partial charge in [0.25, 0.3) is 0 Å². The van der Waals surface area contributed by atoms with Crippen molar-refractivity contribution in [1.29, 1.82) is 0 Å². The van der Waals surface area contributed by atoms with Gasteiger partial charge < -0.3 is 10.1 Å². The third-order valence-corrected chi connectivity index (χ3v) is 3.72. The molecule has 0 aliphatic carbocycles. The van der Waals surface area contributed by atoms with Crippen LogP contribution in [0.3, 0.4) is 0 Å². The van der Waals surface area contributed by atoms with E-state index in [0.717, 1.165) is 5.69 Å². The van der Waals surface area contributed by atoms with Gasteiger partial charge in [-0.15, -0.1) is 0 Å². The van der Waals surface area contributed by atoms with E-state index in [1.54, 1.807) is 0 Å². The number of hydrazine groups is 1. The maximum Gasteiger partial charge on any atom is 0.0828 e. The SMILES string of the molecule is C[C@@]1(O)C[C@H](c2ccccc2)NN(c2ccccc2)C1. The summed E-state index contributed by atoms with van der Waals surface area (Å²) in [6, 6.07) is 20.5. The van der Waals surface area contributed by atoms with Gasteiger partial charge in [-0.3, -0.25) is 0 Å². The first kappa shape index (κ1) is 13.2. The van der Waals surface area contributed by atoms with E-state index >= 15 is 0 Å². The monoisotopic (exact) mass is 268 g/mol. The fourth-order valence-electron chi connectivity index (χ4n) is 2.78. The zero-order valence-corrected chi connectivity index (χ0v) is 11.7. The van der Waals surface area contributed by atoms with Crippen molar-refractivity contribution >= 4 is 5.69 Å². The minimum absolute atomic E-state index is 0.125. The lowest BCUT2D eigenvalue weighted by Gasteiger charge is -2.43. The van der Waals surface area contributed by atoms with Gasteiger partial charge >= 0.3 is 0 Å². The molecule has 2 N–H and O–H groups in total. The molecule has 2 aromatic carbocycles. The molecule has 1 saturated heterocycles. The Morgan fingerprint density at radius 1 is 1.05 bits per heavy atom. The number of aliphatic hydroxyl groups is 1. The Hall–Kier alpha value is -1.84. The summed E-state index contributed by atoms with van der Waals surface area (Å²) >= 11 is 0. The van der Waals surface area contributed by atoms with Crippen molar-refractivity contribution in [2.45, 2.75) is 25.0 Å². The predicted molar refractivity (Wildman–Crippen MR) is 81.3 cm³/mol. The number of benzene rings is 2. The predicted octanol–water partition coefficient (Wildman–Crippen LogP) is 2.89. The smallest absolute Gasteiger partial charge is 0.0828 e. The molecular formula is C17H20N2O. The average Bonchev–Trinajstić information content (AvgIpc) is 2.47. The zero-order chi connectivity index (χ0) is 14.0. The van der Waals surface area contributed by atoms with Crippen molar-refractivity contribution in [2.75, 3.05) is 11.6 Å². The Labute approximate surface area is 119 Å². The van der Waals surface area contributed by atoms with Crippen LogP contribution in [0.1, 0.15) is 24.9 Å². The molecule has 104 valence electrons. The fraction of sp³-hybridized carbons (Fsp3) is 0.294. The van der Waals surface area contributed by atoms with Crippen LogP contribution in [0.25, 0.3) is 0 Å². The first-order chi connectivity index (χ1) is 9.64. The zero-order valence-electron chi connectivity index (χ0n) is 11.7. The molecule has 0 spiro atoms. The summed E-state index contributed by atoms with van der Waals surface area (Å²) in [5.41, 5.74) is 5.09. The molecule has 0 amide bonds. The van der Waals surface area contributed by atoms with Gasteiger partial charge in [-0.2, -0.15) is 0 Å². The lowest BCUT2D eigenvalue weighted by atomic mass is 9.90. The van der Waals surface area contributed by atoms with Crippen molar-refractivity contribution in [3.05, 3.63) is 66.2 Å². The van der Waals surface area contributed by atoms with Gasteiger partial charge in [-0.25, -0.2) is 5.43 Å². The number of hydrogen-bond acceptors (Lipinski definition) is 3. The van der Waals surface area contributed by atoms with Crippen LogP contribution in [-0.4, -0.2) is 17.3 Å². The molecule has 0 radical (unpaired) electrons. The third-order valence-electron chi connectivity index (χ3n) is 3.72. The molecule has 0 unspecified atom stereocenters. The van der Waals surface area contributed by atoms with Crippen LogP contribution in [0.2, 0.25) is 0 Å². The van der Waals surface area contributed by atoms with Crippen LogP contribution in [0.5, 0.6) is 0 Å². The highest BCUT2D eigenvalue weighted by molar-refractivity contribution is 5.46. The third kappa shape index (κ3) is 2.84. The maximum atomic E-state index is 10.6. The largest absolute Gasteiger partial charge is 0.388 e. The number of para-hydroxylation sites is 1. The molecule has 20 heavy (non-hydrogen) atoms. The van der Waals surface area contributed by atoms with Crippen molar-refractivity contribution < 1.29 is 5.11 Å². The molecular weight excluding hydrogens is 248 g/mol. The van der Waals surface area contributed by atoms with E-state index in [-0.39, 0.29) is 6.04 Å². The highest BCUT2D eigenvalue weighted by Gasteiger charge is 2.35. The Morgan fingerprint density at radius 2 is 1.65 bits per heavy atom. The lowest BCUT2D eigenvalue weighted by molar-refractivity contribution is 0.0248. The van der Waals surface area contributed by atoms with Crippen molar-refractivity contribution in [3.8, 4) is 0 Å². The van der Waals surface area contributed by atoms with Gasteiger partial charge in [-0.1, -0.05) is 48.5 Å². The van der Waals surface area contributed by atoms with Crippen LogP contribution in [0, 0.1) is 0 Å². The highest BCUT2D eigenvalue weighted by atomic mass is 16.3. The molecule has 3 rings (SSSR count). The van der Waals surface area contributed by atoms with Gasteiger partial charge in [0, 0.05) is 0 Å². The number of nitrogens with zero attached hydrogens (tertiary/aromatic N) is 1. The van der Waals surface area contributed by atoms with Crippen molar-refractivity contribution in [3.63, 3.8) is 0 Å². The highest BCUT2D eigenvalue weighted by Crippen LogP contribution is 2.31. The molecule has 0 aromatic heterocycles. The molecule has 0 bridgehead atoms. The van der Waals surface area contributed by atoms with E-state index in [2.05, 4.69) is 29.7 Å². The number of nitrogens with one attached hydrogen (secondary N) is 1. The van der Waals surface area contributed by atoms with E-state index in [1.807, 2.05) is 48.3 Å². The van der Waals surface area contributed by atoms with Gasteiger partial charge in [0.2, 0.25) is 0 Å². The van der Waals surface area contributed by atoms with Gasteiger partial charge in [0.05, 0.1) is 23.9 Å². The average molecular weight is 268 g/mol. The molecule has 2 atom stereocenters. The summed E-state index contributed by atoms with van der Waals surface area (Å²) in [6.45, 7) is 2.49. The second-order valence-electron chi connectivity index (χ2n) is 5.72. The summed E-state index contributed by atoms with van der Waals surface area (Å²) in [5.74, 6) is 0. The van der Waals surface area contributed by atoms with Gasteiger partial charge in [0.1, 0.15) is 0 Å². The summed E-state index contributed by atoms with van der Waals surface area (Å²) in [6.07, 6.45) is 0.709. The summed E-state index contributed by atoms with van der Waals surface area (Å²) in [5, 5.41) is 12.6. The van der Waals surface area contributed by atoms with Gasteiger partial charge in [0.15, 0.2) is 0 Å². The molecule has 0 saturated carbocycles. The second kappa shape index (κ2) is 5.27. The lowest BCUT2D eigenvalue weighted by Crippen LogP contribution is -2.56. The van der Waals surface area contributed by atoms with E-state index < -0.39 is 5.60 Å². The van der Waals surface area contributed by atoms with E-state index in [9.17, 15) is 5.11 Å². The minimum atomic E-state index is -0.707. The van der Waals surface area contributed by atoms with E-state index in [0.29, 0.717) is 13.0 Å². The molecule has 1 heterocycles. The summed E-state index contributed by atoms with van der Waals surface area (Å²) in [4.78, 5) is 0. The molecule has 2 aromatic rings. The van der Waals surface area contributed by atoms with Crippen molar-refractivity contribution in [2.24, 2.45) is 0 Å². The molecule has 3 heteroatoms. The first-order valence-corrected chi connectivity index (χ1v) is 7.00. The van der Waals surface area contributed by atoms with Crippen LogP contribution in [0.15, 0.2) is 60.7 Å². The number of anilines is 1. The number of hydrogen-bond donors (Lipinski definition) is 2. The molecule has 1 aliphatic rings. The van der Waals surface area contributed by atoms with Crippen LogP contribution < -0.4 is 10.4 Å². The van der Waals surface area contributed by atoms with E-state index in [4.69, 9.17) is 0 Å². The van der Waals surface area contributed by atoms with Crippen LogP contribution in [-0.2, 0) is 0 Å². The fourth-order valence-corrected chi connectivity index (χ4v) is 2.78. The quantitative estimate of drug-likeness (QED) is 0.879. The van der Waals surface area contributed by atoms with Gasteiger partial charge in [-0.05, 0) is 31.0 Å². The standard InChI is InChI=1S/C17H20N2O/c1-17(20)12-16(14-8-4-2-5-9-14)18-19(13-17)15-10-6-3-7-11-15/h2-11,16,18,20H,12-13H2,1H3/t16-,17-/m1/s1. The van der Waals surface area contributed by atoms with Crippen LogP contribution in [0.4, 0.5) is 5.69 Å². The molecule has 3 nitrogen and oxygen atoms in total. The maximum absolute atomic E-state index is 10.6. The minimum Gasteiger partial charge on any atom is -0.388 e. The van der Waals surface area contributed by atoms with E-state index in [1.165, 1.54) is 5.56 Å². The Bertz CT molecular complexity index is 504. The number of β-amino-alcohol motifs (C(OH)–C–C–N with tert-alkyl or cyclic N) is 1. The number of rotatable bonds is 2. The molecule has 1 aliphatic heterocycles.